The fraction of sp³-hybridized carbons (Fsp3) is 0. The molecular formula is C12H7ClF2N2O2. The number of anilines is 2. The van der Waals surface area contributed by atoms with E-state index in [1.807, 2.05) is 0 Å². The van der Waals surface area contributed by atoms with Crippen LogP contribution in [0.5, 0.6) is 0 Å². The first kappa shape index (κ1) is 13.2. The SMILES string of the molecule is O=[N+]([O-])c1c(F)cccc1Nc1ccc(F)c(Cl)c1. The predicted octanol–water partition coefficient (Wildman–Crippen LogP) is 4.27. The summed E-state index contributed by atoms with van der Waals surface area (Å²) < 4.78 is 26.4. The maximum atomic E-state index is 13.4. The Kier molecular flexibility index (Phi) is 3.62. The van der Waals surface area contributed by atoms with Gasteiger partial charge in [-0.05, 0) is 30.3 Å². The Hall–Kier alpha value is -2.21. The molecule has 0 amide bonds. The third-order valence-corrected chi connectivity index (χ3v) is 2.66. The summed E-state index contributed by atoms with van der Waals surface area (Å²) in [6, 6.07) is 7.37. The summed E-state index contributed by atoms with van der Waals surface area (Å²) >= 11 is 5.59. The predicted molar refractivity (Wildman–Crippen MR) is 67.7 cm³/mol. The molecule has 0 atom stereocenters. The van der Waals surface area contributed by atoms with Gasteiger partial charge in [-0.25, -0.2) is 4.39 Å². The van der Waals surface area contributed by atoms with E-state index in [9.17, 15) is 18.9 Å². The van der Waals surface area contributed by atoms with Crippen LogP contribution in [0.4, 0.5) is 25.8 Å². The summed E-state index contributed by atoms with van der Waals surface area (Å²) in [5.41, 5.74) is -0.393. The van der Waals surface area contributed by atoms with Crippen molar-refractivity contribution < 1.29 is 13.7 Å². The Morgan fingerprint density at radius 1 is 1.16 bits per heavy atom. The van der Waals surface area contributed by atoms with E-state index in [2.05, 4.69) is 5.32 Å². The van der Waals surface area contributed by atoms with E-state index in [0.717, 1.165) is 12.1 Å². The van der Waals surface area contributed by atoms with Crippen molar-refractivity contribution in [2.75, 3.05) is 5.32 Å². The van der Waals surface area contributed by atoms with Crippen LogP contribution in [-0.4, -0.2) is 4.92 Å². The van der Waals surface area contributed by atoms with Crippen LogP contribution in [0, 0.1) is 21.7 Å². The molecule has 19 heavy (non-hydrogen) atoms. The highest BCUT2D eigenvalue weighted by molar-refractivity contribution is 6.31. The van der Waals surface area contributed by atoms with Crippen molar-refractivity contribution in [1.29, 1.82) is 0 Å². The lowest BCUT2D eigenvalue weighted by Gasteiger charge is -2.08. The zero-order valence-corrected chi connectivity index (χ0v) is 10.1. The van der Waals surface area contributed by atoms with Gasteiger partial charge in [0.05, 0.1) is 9.95 Å². The number of halogens is 3. The maximum Gasteiger partial charge on any atom is 0.327 e. The summed E-state index contributed by atoms with van der Waals surface area (Å²) in [6.07, 6.45) is 0. The van der Waals surface area contributed by atoms with Crippen molar-refractivity contribution in [2.24, 2.45) is 0 Å². The number of hydrogen-bond donors (Lipinski definition) is 1. The highest BCUT2D eigenvalue weighted by Crippen LogP contribution is 2.31. The highest BCUT2D eigenvalue weighted by Gasteiger charge is 2.19. The average Bonchev–Trinajstić information content (AvgIpc) is 2.33. The van der Waals surface area contributed by atoms with Crippen LogP contribution in [-0.2, 0) is 0 Å². The van der Waals surface area contributed by atoms with Crippen molar-refractivity contribution in [3.63, 3.8) is 0 Å². The molecule has 0 radical (unpaired) electrons. The van der Waals surface area contributed by atoms with Gasteiger partial charge in [0.25, 0.3) is 0 Å². The molecule has 1 N–H and O–H groups in total. The quantitative estimate of drug-likeness (QED) is 0.676. The van der Waals surface area contributed by atoms with Crippen LogP contribution in [0.1, 0.15) is 0 Å². The van der Waals surface area contributed by atoms with E-state index < -0.39 is 22.2 Å². The molecule has 0 bridgehead atoms. The van der Waals surface area contributed by atoms with E-state index in [1.54, 1.807) is 0 Å². The molecule has 0 unspecified atom stereocenters. The second-order valence-corrected chi connectivity index (χ2v) is 4.05. The van der Waals surface area contributed by atoms with Gasteiger partial charge in [0.1, 0.15) is 11.5 Å². The maximum absolute atomic E-state index is 13.4. The number of para-hydroxylation sites is 1. The lowest BCUT2D eigenvalue weighted by Crippen LogP contribution is -1.99. The van der Waals surface area contributed by atoms with Gasteiger partial charge in [-0.15, -0.1) is 0 Å². The normalized spacial score (nSPS) is 10.3. The first-order chi connectivity index (χ1) is 8.99. The fourth-order valence-corrected chi connectivity index (χ4v) is 1.71. The van der Waals surface area contributed by atoms with Crippen LogP contribution >= 0.6 is 11.6 Å². The molecule has 0 aliphatic heterocycles. The van der Waals surface area contributed by atoms with Crippen molar-refractivity contribution in [3.05, 3.63) is 63.2 Å². The summed E-state index contributed by atoms with van der Waals surface area (Å²) in [5, 5.41) is 13.3. The summed E-state index contributed by atoms with van der Waals surface area (Å²) in [6.45, 7) is 0. The number of nitrogens with one attached hydrogen (secondary N) is 1. The van der Waals surface area contributed by atoms with E-state index in [0.29, 0.717) is 5.69 Å². The lowest BCUT2D eigenvalue weighted by atomic mass is 10.2. The van der Waals surface area contributed by atoms with Crippen molar-refractivity contribution in [1.82, 2.24) is 0 Å². The summed E-state index contributed by atoms with van der Waals surface area (Å²) in [7, 11) is 0. The molecule has 0 spiro atoms. The number of rotatable bonds is 3. The van der Waals surface area contributed by atoms with Gasteiger partial charge in [0.2, 0.25) is 5.82 Å². The molecule has 0 heterocycles. The topological polar surface area (TPSA) is 55.2 Å². The zero-order valence-electron chi connectivity index (χ0n) is 9.36. The zero-order chi connectivity index (χ0) is 14.0. The molecule has 0 saturated carbocycles. The minimum atomic E-state index is -0.955. The molecule has 2 rings (SSSR count). The molecule has 4 nitrogen and oxygen atoms in total. The third kappa shape index (κ3) is 2.79. The van der Waals surface area contributed by atoms with Crippen LogP contribution < -0.4 is 5.32 Å². The Balaban J connectivity index is 2.40. The Morgan fingerprint density at radius 3 is 2.53 bits per heavy atom. The standard InChI is InChI=1S/C12H7ClF2N2O2/c13-8-6-7(4-5-9(8)14)16-11-3-1-2-10(15)12(11)17(18)19/h1-6,16H. The smallest absolute Gasteiger partial charge is 0.327 e. The van der Waals surface area contributed by atoms with Gasteiger partial charge >= 0.3 is 5.69 Å². The largest absolute Gasteiger partial charge is 0.350 e. The Labute approximate surface area is 111 Å². The molecule has 2 aromatic carbocycles. The van der Waals surface area contributed by atoms with Crippen molar-refractivity contribution in [2.45, 2.75) is 0 Å². The molecule has 0 saturated heterocycles. The Bertz CT molecular complexity index is 650. The van der Waals surface area contributed by atoms with Crippen LogP contribution in [0.25, 0.3) is 0 Å². The summed E-state index contributed by atoms with van der Waals surface area (Å²) in [4.78, 5) is 9.96. The molecule has 0 aromatic heterocycles. The van der Waals surface area contributed by atoms with Gasteiger partial charge in [-0.3, -0.25) is 10.1 Å². The number of hydrogen-bond acceptors (Lipinski definition) is 3. The molecule has 7 heteroatoms. The van der Waals surface area contributed by atoms with Gasteiger partial charge in [0, 0.05) is 5.69 Å². The number of nitro groups is 1. The number of benzene rings is 2. The van der Waals surface area contributed by atoms with Gasteiger partial charge in [0.15, 0.2) is 0 Å². The third-order valence-electron chi connectivity index (χ3n) is 2.37. The molecule has 0 fully saturated rings. The lowest BCUT2D eigenvalue weighted by molar-refractivity contribution is -0.386. The number of nitro benzene ring substituents is 1. The number of nitrogens with zero attached hydrogens (tertiary/aromatic N) is 1. The van der Waals surface area contributed by atoms with Crippen LogP contribution in [0.3, 0.4) is 0 Å². The second-order valence-electron chi connectivity index (χ2n) is 3.65. The molecule has 0 aliphatic carbocycles. The fourth-order valence-electron chi connectivity index (χ4n) is 1.53. The van der Waals surface area contributed by atoms with Crippen LogP contribution in [0.2, 0.25) is 5.02 Å². The van der Waals surface area contributed by atoms with E-state index in [-0.39, 0.29) is 10.7 Å². The second kappa shape index (κ2) is 5.19. The minimum absolute atomic E-state index is 0.0346. The van der Waals surface area contributed by atoms with Crippen molar-refractivity contribution >= 4 is 28.7 Å². The highest BCUT2D eigenvalue weighted by atomic mass is 35.5. The van der Waals surface area contributed by atoms with Crippen LogP contribution in [0.15, 0.2) is 36.4 Å². The van der Waals surface area contributed by atoms with Gasteiger partial charge < -0.3 is 5.32 Å². The monoisotopic (exact) mass is 284 g/mol. The molecular weight excluding hydrogens is 278 g/mol. The molecule has 98 valence electrons. The Morgan fingerprint density at radius 2 is 1.89 bits per heavy atom. The van der Waals surface area contributed by atoms with E-state index in [1.165, 1.54) is 24.3 Å². The first-order valence-electron chi connectivity index (χ1n) is 5.14. The van der Waals surface area contributed by atoms with Gasteiger partial charge in [-0.2, -0.15) is 4.39 Å². The molecule has 2 aromatic rings. The van der Waals surface area contributed by atoms with Crippen molar-refractivity contribution in [3.8, 4) is 0 Å². The van der Waals surface area contributed by atoms with E-state index >= 15 is 0 Å². The first-order valence-corrected chi connectivity index (χ1v) is 5.52. The minimum Gasteiger partial charge on any atom is -0.350 e. The van der Waals surface area contributed by atoms with E-state index in [4.69, 9.17) is 11.6 Å². The average molecular weight is 285 g/mol. The summed E-state index contributed by atoms with van der Waals surface area (Å²) in [5.74, 6) is -1.57. The molecule has 0 aliphatic rings. The van der Waals surface area contributed by atoms with Gasteiger partial charge in [-0.1, -0.05) is 17.7 Å².